The van der Waals surface area contributed by atoms with Gasteiger partial charge in [0.25, 0.3) is 0 Å². The Bertz CT molecular complexity index is 806. The predicted molar refractivity (Wildman–Crippen MR) is 95.8 cm³/mol. The first-order chi connectivity index (χ1) is 12.4. The van der Waals surface area contributed by atoms with Gasteiger partial charge in [-0.05, 0) is 30.9 Å². The molecule has 7 heteroatoms. The molecular weight excluding hydrogens is 338 g/mol. The molecule has 1 aromatic heterocycles. The molecule has 0 radical (unpaired) electrons. The number of alkyl halides is 2. The standard InChI is InChI=1S/C19H22F2N4O/c1-25-17(23-18(26)22-14-8-3-2-4-9-14)15(12-6-5-7-12)16(24-25)13-10-19(20,21)11-13/h2-4,8-9,12-13H,5-7,10-11H2,1H3,(H2,22,23,26). The highest BCUT2D eigenvalue weighted by atomic mass is 19.3. The summed E-state index contributed by atoms with van der Waals surface area (Å²) < 4.78 is 28.3. The van der Waals surface area contributed by atoms with Crippen molar-refractivity contribution in [3.63, 3.8) is 0 Å². The number of hydrogen-bond donors (Lipinski definition) is 2. The van der Waals surface area contributed by atoms with Crippen LogP contribution >= 0.6 is 0 Å². The third kappa shape index (κ3) is 3.18. The molecule has 2 aromatic rings. The van der Waals surface area contributed by atoms with Gasteiger partial charge in [-0.15, -0.1) is 0 Å². The normalized spacial score (nSPS) is 19.5. The van der Waals surface area contributed by atoms with Gasteiger partial charge in [0.1, 0.15) is 5.82 Å². The fourth-order valence-electron chi connectivity index (χ4n) is 3.76. The fourth-order valence-corrected chi connectivity index (χ4v) is 3.76. The lowest BCUT2D eigenvalue weighted by molar-refractivity contribution is -0.0879. The van der Waals surface area contributed by atoms with Gasteiger partial charge in [0, 0.05) is 37.1 Å². The van der Waals surface area contributed by atoms with E-state index in [0.29, 0.717) is 17.4 Å². The van der Waals surface area contributed by atoms with Crippen molar-refractivity contribution in [3.8, 4) is 0 Å². The van der Waals surface area contributed by atoms with Crippen molar-refractivity contribution >= 4 is 17.5 Å². The number of para-hydroxylation sites is 1. The Morgan fingerprint density at radius 3 is 2.42 bits per heavy atom. The van der Waals surface area contributed by atoms with Gasteiger partial charge in [-0.25, -0.2) is 13.6 Å². The number of anilines is 2. The molecule has 1 aromatic carbocycles. The number of nitrogens with one attached hydrogen (secondary N) is 2. The monoisotopic (exact) mass is 360 g/mol. The van der Waals surface area contributed by atoms with E-state index in [1.807, 2.05) is 18.2 Å². The molecule has 0 atom stereocenters. The van der Waals surface area contributed by atoms with E-state index in [4.69, 9.17) is 0 Å². The number of aryl methyl sites for hydroxylation is 1. The molecule has 4 rings (SSSR count). The van der Waals surface area contributed by atoms with E-state index in [1.165, 1.54) is 0 Å². The van der Waals surface area contributed by atoms with Crippen molar-refractivity contribution in [1.29, 1.82) is 0 Å². The third-order valence-electron chi connectivity index (χ3n) is 5.37. The second-order valence-corrected chi connectivity index (χ2v) is 7.31. The van der Waals surface area contributed by atoms with E-state index >= 15 is 0 Å². The van der Waals surface area contributed by atoms with Crippen molar-refractivity contribution in [1.82, 2.24) is 9.78 Å². The van der Waals surface area contributed by atoms with Gasteiger partial charge < -0.3 is 5.32 Å². The van der Waals surface area contributed by atoms with Crippen molar-refractivity contribution in [3.05, 3.63) is 41.6 Å². The van der Waals surface area contributed by atoms with Crippen LogP contribution in [0.25, 0.3) is 0 Å². The van der Waals surface area contributed by atoms with E-state index < -0.39 is 5.92 Å². The van der Waals surface area contributed by atoms with Gasteiger partial charge >= 0.3 is 6.03 Å². The fraction of sp³-hybridized carbons (Fsp3) is 0.474. The number of hydrogen-bond acceptors (Lipinski definition) is 2. The second-order valence-electron chi connectivity index (χ2n) is 7.31. The van der Waals surface area contributed by atoms with Crippen LogP contribution in [0.5, 0.6) is 0 Å². The maximum absolute atomic E-state index is 13.3. The smallest absolute Gasteiger partial charge is 0.308 e. The average Bonchev–Trinajstić information content (AvgIpc) is 2.81. The van der Waals surface area contributed by atoms with Gasteiger partial charge in [0.2, 0.25) is 5.92 Å². The molecule has 2 N–H and O–H groups in total. The average molecular weight is 360 g/mol. The summed E-state index contributed by atoms with van der Waals surface area (Å²) in [5.74, 6) is -1.90. The van der Waals surface area contributed by atoms with Crippen LogP contribution in [-0.2, 0) is 7.05 Å². The molecule has 138 valence electrons. The summed E-state index contributed by atoms with van der Waals surface area (Å²) in [6, 6.07) is 8.81. The highest BCUT2D eigenvalue weighted by molar-refractivity contribution is 5.99. The molecular formula is C19H22F2N4O. The van der Waals surface area contributed by atoms with Crippen LogP contribution in [0.15, 0.2) is 30.3 Å². The van der Waals surface area contributed by atoms with Crippen LogP contribution in [0.4, 0.5) is 25.1 Å². The number of amides is 2. The molecule has 0 bridgehead atoms. The Morgan fingerprint density at radius 2 is 1.85 bits per heavy atom. The molecule has 0 spiro atoms. The zero-order valence-electron chi connectivity index (χ0n) is 14.6. The van der Waals surface area contributed by atoms with Gasteiger partial charge in [0.05, 0.1) is 5.69 Å². The van der Waals surface area contributed by atoms with Crippen LogP contribution < -0.4 is 10.6 Å². The molecule has 2 saturated carbocycles. The summed E-state index contributed by atoms with van der Waals surface area (Å²) in [5, 5.41) is 10.2. The highest BCUT2D eigenvalue weighted by Gasteiger charge is 2.49. The predicted octanol–water partition coefficient (Wildman–Crippen LogP) is 4.84. The number of halogens is 2. The van der Waals surface area contributed by atoms with Crippen molar-refractivity contribution < 1.29 is 13.6 Å². The molecule has 0 saturated heterocycles. The van der Waals surface area contributed by atoms with Crippen LogP contribution in [0, 0.1) is 0 Å². The van der Waals surface area contributed by atoms with Crippen molar-refractivity contribution in [2.75, 3.05) is 10.6 Å². The zero-order chi connectivity index (χ0) is 18.3. The summed E-state index contributed by atoms with van der Waals surface area (Å²) in [6.45, 7) is 0. The second kappa shape index (κ2) is 6.37. The molecule has 1 heterocycles. The number of benzene rings is 1. The molecule has 2 aliphatic rings. The lowest BCUT2D eigenvalue weighted by Gasteiger charge is -2.36. The van der Waals surface area contributed by atoms with Gasteiger partial charge in [-0.2, -0.15) is 5.10 Å². The molecule has 0 unspecified atom stereocenters. The summed E-state index contributed by atoms with van der Waals surface area (Å²) in [5.41, 5.74) is 2.37. The van der Waals surface area contributed by atoms with Gasteiger partial charge in [-0.3, -0.25) is 10.00 Å². The van der Waals surface area contributed by atoms with E-state index in [-0.39, 0.29) is 24.8 Å². The minimum Gasteiger partial charge on any atom is -0.308 e. The van der Waals surface area contributed by atoms with Crippen LogP contribution in [0.3, 0.4) is 0 Å². The first-order valence-corrected chi connectivity index (χ1v) is 9.00. The molecule has 2 aliphatic carbocycles. The summed E-state index contributed by atoms with van der Waals surface area (Å²) in [6.07, 6.45) is 2.84. The Kier molecular flexibility index (Phi) is 4.17. The molecule has 5 nitrogen and oxygen atoms in total. The van der Waals surface area contributed by atoms with Crippen LogP contribution in [0.1, 0.15) is 55.2 Å². The van der Waals surface area contributed by atoms with E-state index in [2.05, 4.69) is 15.7 Å². The SMILES string of the molecule is Cn1nc(C2CC(F)(F)C2)c(C2CCC2)c1NC(=O)Nc1ccccc1. The third-order valence-corrected chi connectivity index (χ3v) is 5.37. The lowest BCUT2D eigenvalue weighted by Crippen LogP contribution is -2.34. The van der Waals surface area contributed by atoms with E-state index in [1.54, 1.807) is 23.9 Å². The number of urea groups is 1. The number of carbonyl (C=O) groups excluding carboxylic acids is 1. The summed E-state index contributed by atoms with van der Waals surface area (Å²) in [7, 11) is 1.75. The van der Waals surface area contributed by atoms with Crippen molar-refractivity contribution in [2.45, 2.75) is 49.9 Å². The minimum absolute atomic E-state index is 0.153. The van der Waals surface area contributed by atoms with Gasteiger partial charge in [0.15, 0.2) is 0 Å². The largest absolute Gasteiger partial charge is 0.324 e. The quantitative estimate of drug-likeness (QED) is 0.819. The maximum atomic E-state index is 13.3. The summed E-state index contributed by atoms with van der Waals surface area (Å²) in [4.78, 5) is 12.4. The number of aromatic nitrogens is 2. The zero-order valence-corrected chi connectivity index (χ0v) is 14.6. The number of rotatable bonds is 4. The van der Waals surface area contributed by atoms with E-state index in [9.17, 15) is 13.6 Å². The number of nitrogens with zero attached hydrogens (tertiary/aromatic N) is 2. The van der Waals surface area contributed by atoms with Crippen LogP contribution in [0.2, 0.25) is 0 Å². The Morgan fingerprint density at radius 1 is 1.15 bits per heavy atom. The summed E-state index contributed by atoms with van der Waals surface area (Å²) >= 11 is 0. The molecule has 0 aliphatic heterocycles. The molecule has 26 heavy (non-hydrogen) atoms. The van der Waals surface area contributed by atoms with Crippen molar-refractivity contribution in [2.24, 2.45) is 7.05 Å². The number of carbonyl (C=O) groups is 1. The first-order valence-electron chi connectivity index (χ1n) is 9.00. The van der Waals surface area contributed by atoms with Crippen LogP contribution in [-0.4, -0.2) is 21.7 Å². The van der Waals surface area contributed by atoms with E-state index in [0.717, 1.165) is 30.5 Å². The lowest BCUT2D eigenvalue weighted by atomic mass is 9.73. The highest BCUT2D eigenvalue weighted by Crippen LogP contribution is 2.52. The Hall–Kier alpha value is -2.44. The topological polar surface area (TPSA) is 59.0 Å². The minimum atomic E-state index is -2.59. The molecule has 2 amide bonds. The molecule has 2 fully saturated rings. The Labute approximate surface area is 150 Å². The first kappa shape index (κ1) is 17.0. The maximum Gasteiger partial charge on any atom is 0.324 e. The van der Waals surface area contributed by atoms with Gasteiger partial charge in [-0.1, -0.05) is 24.6 Å². The Balaban J connectivity index is 1.57.